The Morgan fingerprint density at radius 1 is 1.00 bits per heavy atom. The van der Waals surface area contributed by atoms with E-state index in [0.717, 1.165) is 47.5 Å². The number of sulfone groups is 1. The Morgan fingerprint density at radius 2 is 1.73 bits per heavy atom. The van der Waals surface area contributed by atoms with E-state index in [-0.39, 0.29) is 4.90 Å². The minimum absolute atomic E-state index is 0.234. The first-order valence-corrected chi connectivity index (χ1v) is 16.1. The van der Waals surface area contributed by atoms with Crippen LogP contribution >= 0.6 is 11.3 Å². The summed E-state index contributed by atoms with van der Waals surface area (Å²) in [5.41, 5.74) is 3.10. The van der Waals surface area contributed by atoms with Gasteiger partial charge < -0.3 is 25.2 Å². The van der Waals surface area contributed by atoms with Gasteiger partial charge in [0.15, 0.2) is 15.7 Å². The maximum atomic E-state index is 13.3. The van der Waals surface area contributed by atoms with E-state index < -0.39 is 14.6 Å². The minimum Gasteiger partial charge on any atom is -0.494 e. The van der Waals surface area contributed by atoms with Gasteiger partial charge in [-0.2, -0.15) is 4.98 Å². The molecule has 1 aliphatic heterocycles. The number of ether oxygens (including phenoxy) is 1. The summed E-state index contributed by atoms with van der Waals surface area (Å²) in [5, 5.41) is 8.57. The van der Waals surface area contributed by atoms with Crippen molar-refractivity contribution in [2.75, 3.05) is 49.8 Å². The predicted molar refractivity (Wildman–Crippen MR) is 169 cm³/mol. The highest BCUT2D eigenvalue weighted by molar-refractivity contribution is 7.93. The van der Waals surface area contributed by atoms with Crippen molar-refractivity contribution in [3.63, 3.8) is 0 Å². The van der Waals surface area contributed by atoms with Crippen LogP contribution in [0.3, 0.4) is 0 Å². The molecule has 0 aliphatic carbocycles. The van der Waals surface area contributed by atoms with Gasteiger partial charge in [0, 0.05) is 30.9 Å². The third-order valence-corrected chi connectivity index (χ3v) is 11.0. The number of rotatable bonds is 8. The van der Waals surface area contributed by atoms with Crippen LogP contribution in [0.15, 0.2) is 58.8 Å². The first kappa shape index (κ1) is 29.1. The standard InChI is InChI=1S/C30H38N6O3S2/c1-30(2,3)41(37,38)26-10-8-7-9-23(26)31-28-27-24(15-18-40-27)33-29(34-28)32-22-12-11-21(19-25(22)39-6)36-16-13-20(14-17-36)35(4)5/h7-12,15,18-20H,13-14,16-17H2,1-6H3,(H2,31,32,33,34). The number of hydrogen-bond donors (Lipinski definition) is 2. The molecule has 0 saturated carbocycles. The quantitative estimate of drug-likeness (QED) is 0.244. The van der Waals surface area contributed by atoms with E-state index in [4.69, 9.17) is 14.7 Å². The van der Waals surface area contributed by atoms with Gasteiger partial charge >= 0.3 is 0 Å². The Morgan fingerprint density at radius 3 is 2.41 bits per heavy atom. The van der Waals surface area contributed by atoms with E-state index in [1.807, 2.05) is 29.6 Å². The Labute approximate surface area is 246 Å². The highest BCUT2D eigenvalue weighted by Crippen LogP contribution is 2.37. The minimum atomic E-state index is -3.60. The molecule has 0 radical (unpaired) electrons. The van der Waals surface area contributed by atoms with Gasteiger partial charge in [0.05, 0.1) is 38.3 Å². The van der Waals surface area contributed by atoms with E-state index in [9.17, 15) is 8.42 Å². The van der Waals surface area contributed by atoms with Gasteiger partial charge in [0.25, 0.3) is 0 Å². The third-order valence-electron chi connectivity index (χ3n) is 7.53. The number of nitrogens with one attached hydrogen (secondary N) is 2. The van der Waals surface area contributed by atoms with Crippen molar-refractivity contribution in [2.45, 2.75) is 49.3 Å². The Hall–Kier alpha value is -3.41. The number of thiophene rings is 1. The van der Waals surface area contributed by atoms with Crippen molar-refractivity contribution >= 4 is 60.2 Å². The Balaban J connectivity index is 1.44. The van der Waals surface area contributed by atoms with Crippen molar-refractivity contribution in [1.29, 1.82) is 0 Å². The van der Waals surface area contributed by atoms with E-state index >= 15 is 0 Å². The molecule has 0 amide bonds. The molecule has 218 valence electrons. The summed E-state index contributed by atoms with van der Waals surface area (Å²) in [6.45, 7) is 7.10. The van der Waals surface area contributed by atoms with Crippen molar-refractivity contribution < 1.29 is 13.2 Å². The average molecular weight is 595 g/mol. The summed E-state index contributed by atoms with van der Waals surface area (Å²) in [6.07, 6.45) is 2.25. The molecule has 9 nitrogen and oxygen atoms in total. The highest BCUT2D eigenvalue weighted by Gasteiger charge is 2.33. The van der Waals surface area contributed by atoms with Crippen LogP contribution in [0.4, 0.5) is 28.8 Å². The number of fused-ring (bicyclic) bond motifs is 1. The first-order chi connectivity index (χ1) is 19.5. The van der Waals surface area contributed by atoms with Crippen LogP contribution in [0, 0.1) is 0 Å². The number of anilines is 5. The molecule has 1 saturated heterocycles. The molecule has 1 fully saturated rings. The lowest BCUT2D eigenvalue weighted by Gasteiger charge is -2.36. The van der Waals surface area contributed by atoms with Gasteiger partial charge in [0.2, 0.25) is 5.95 Å². The number of benzene rings is 2. The van der Waals surface area contributed by atoms with Crippen molar-refractivity contribution in [1.82, 2.24) is 14.9 Å². The van der Waals surface area contributed by atoms with Gasteiger partial charge in [0.1, 0.15) is 5.75 Å². The van der Waals surface area contributed by atoms with Gasteiger partial charge in [-0.25, -0.2) is 13.4 Å². The van der Waals surface area contributed by atoms with Crippen molar-refractivity contribution in [2.24, 2.45) is 0 Å². The van der Waals surface area contributed by atoms with Crippen LogP contribution in [-0.2, 0) is 9.84 Å². The number of methoxy groups -OCH3 is 1. The molecule has 0 bridgehead atoms. The second kappa shape index (κ2) is 11.5. The number of aromatic nitrogens is 2. The summed E-state index contributed by atoms with van der Waals surface area (Å²) in [6, 6.07) is 15.6. The van der Waals surface area contributed by atoms with E-state index in [2.05, 4.69) is 40.6 Å². The third kappa shape index (κ3) is 5.98. The molecule has 0 atom stereocenters. The summed E-state index contributed by atoms with van der Waals surface area (Å²) >= 11 is 1.50. The van der Waals surface area contributed by atoms with Crippen molar-refractivity contribution in [3.8, 4) is 5.75 Å². The lowest BCUT2D eigenvalue weighted by molar-refractivity contribution is 0.249. The zero-order valence-electron chi connectivity index (χ0n) is 24.4. The molecular formula is C30H38N6O3S2. The van der Waals surface area contributed by atoms with Crippen LogP contribution < -0.4 is 20.3 Å². The van der Waals surface area contributed by atoms with Gasteiger partial charge in [-0.05, 0) is 83.4 Å². The molecule has 0 spiro atoms. The maximum Gasteiger partial charge on any atom is 0.229 e. The SMILES string of the molecule is COc1cc(N2CCC(N(C)C)CC2)ccc1Nc1nc(Nc2ccccc2S(=O)(=O)C(C)(C)C)c2sccc2n1. The van der Waals surface area contributed by atoms with Crippen LogP contribution in [-0.4, -0.2) is 68.4 Å². The topological polar surface area (TPSA) is 99.7 Å². The van der Waals surface area contributed by atoms with E-state index in [1.54, 1.807) is 46.1 Å². The normalized spacial score (nSPS) is 15.0. The van der Waals surface area contributed by atoms with Crippen LogP contribution in [0.2, 0.25) is 0 Å². The average Bonchev–Trinajstić information content (AvgIpc) is 3.42. The number of piperidine rings is 1. The lowest BCUT2D eigenvalue weighted by Crippen LogP contribution is -2.41. The van der Waals surface area contributed by atoms with Gasteiger partial charge in [-0.1, -0.05) is 12.1 Å². The predicted octanol–water partition coefficient (Wildman–Crippen LogP) is 6.29. The second-order valence-electron chi connectivity index (χ2n) is 11.5. The zero-order chi connectivity index (χ0) is 29.4. The molecule has 1 aliphatic rings. The largest absolute Gasteiger partial charge is 0.494 e. The van der Waals surface area contributed by atoms with Crippen molar-refractivity contribution in [3.05, 3.63) is 53.9 Å². The summed E-state index contributed by atoms with van der Waals surface area (Å²) < 4.78 is 32.3. The zero-order valence-corrected chi connectivity index (χ0v) is 26.1. The smallest absolute Gasteiger partial charge is 0.229 e. The molecule has 3 heterocycles. The van der Waals surface area contributed by atoms with E-state index in [0.29, 0.717) is 29.2 Å². The van der Waals surface area contributed by atoms with Crippen LogP contribution in [0.5, 0.6) is 5.75 Å². The Bertz CT molecular complexity index is 1640. The fourth-order valence-electron chi connectivity index (χ4n) is 5.01. The maximum absolute atomic E-state index is 13.3. The number of hydrogen-bond acceptors (Lipinski definition) is 10. The van der Waals surface area contributed by atoms with Gasteiger partial charge in [-0.15, -0.1) is 11.3 Å². The fraction of sp³-hybridized carbons (Fsp3) is 0.400. The number of para-hydroxylation sites is 1. The molecule has 0 unspecified atom stereocenters. The molecule has 2 N–H and O–H groups in total. The monoisotopic (exact) mass is 594 g/mol. The highest BCUT2D eigenvalue weighted by atomic mass is 32.2. The molecule has 2 aromatic carbocycles. The first-order valence-electron chi connectivity index (χ1n) is 13.7. The summed E-state index contributed by atoms with van der Waals surface area (Å²) in [4.78, 5) is 14.4. The second-order valence-corrected chi connectivity index (χ2v) is 15.0. The molecule has 5 rings (SSSR count). The van der Waals surface area contributed by atoms with E-state index in [1.165, 1.54) is 11.3 Å². The molecule has 4 aromatic rings. The summed E-state index contributed by atoms with van der Waals surface area (Å²) in [7, 11) is 2.35. The molecule has 11 heteroatoms. The van der Waals surface area contributed by atoms with Crippen LogP contribution in [0.25, 0.3) is 10.2 Å². The Kier molecular flexibility index (Phi) is 8.13. The fourth-order valence-corrected chi connectivity index (χ4v) is 7.11. The lowest BCUT2D eigenvalue weighted by atomic mass is 10.0. The van der Waals surface area contributed by atoms with Gasteiger partial charge in [-0.3, -0.25) is 0 Å². The summed E-state index contributed by atoms with van der Waals surface area (Å²) in [5.74, 6) is 1.61. The molecule has 2 aromatic heterocycles. The number of nitrogens with zero attached hydrogens (tertiary/aromatic N) is 4. The molecular weight excluding hydrogens is 557 g/mol. The molecule has 41 heavy (non-hydrogen) atoms. The van der Waals surface area contributed by atoms with Crippen LogP contribution in [0.1, 0.15) is 33.6 Å².